The lowest BCUT2D eigenvalue weighted by Crippen LogP contribution is -2.50. The van der Waals surface area contributed by atoms with Crippen molar-refractivity contribution in [1.82, 2.24) is 10.0 Å². The minimum Gasteiger partial charge on any atom is -0.451 e. The van der Waals surface area contributed by atoms with E-state index in [-0.39, 0.29) is 23.6 Å². The number of carbonyl (C=O) groups is 1. The van der Waals surface area contributed by atoms with Gasteiger partial charge in [-0.1, -0.05) is 12.1 Å². The van der Waals surface area contributed by atoms with Crippen LogP contribution in [0, 0.1) is 0 Å². The zero-order chi connectivity index (χ0) is 20.5. The molecule has 1 amide bonds. The van der Waals surface area contributed by atoms with Crippen molar-refractivity contribution < 1.29 is 30.8 Å². The molecule has 1 aromatic heterocycles. The molecular formula is C17H19F3N2O4S. The second-order valence-corrected chi connectivity index (χ2v) is 8.43. The zero-order valence-electron chi connectivity index (χ0n) is 14.8. The number of nitrogens with one attached hydrogen (secondary N) is 2. The molecule has 0 spiro atoms. The molecule has 0 aliphatic carbocycles. The summed E-state index contributed by atoms with van der Waals surface area (Å²) in [5.41, 5.74) is -1.57. The first-order valence-electron chi connectivity index (χ1n) is 7.81. The molecule has 2 aromatic rings. The Morgan fingerprint density at radius 2 is 1.81 bits per heavy atom. The first kappa shape index (κ1) is 21.0. The lowest BCUT2D eigenvalue weighted by atomic mass is 10.1. The fraction of sp³-hybridized carbons (Fsp3) is 0.353. The summed E-state index contributed by atoms with van der Waals surface area (Å²) in [6.45, 7) is 3.16. The van der Waals surface area contributed by atoms with E-state index in [0.717, 1.165) is 18.4 Å². The van der Waals surface area contributed by atoms with Crippen molar-refractivity contribution in [2.45, 2.75) is 25.6 Å². The maximum atomic E-state index is 12.8. The van der Waals surface area contributed by atoms with Gasteiger partial charge in [0.1, 0.15) is 5.76 Å². The van der Waals surface area contributed by atoms with Crippen LogP contribution in [0.5, 0.6) is 0 Å². The van der Waals surface area contributed by atoms with E-state index in [1.54, 1.807) is 13.8 Å². The molecule has 2 N–H and O–H groups in total. The van der Waals surface area contributed by atoms with Crippen molar-refractivity contribution in [2.24, 2.45) is 0 Å². The Balaban J connectivity index is 2.10. The lowest BCUT2D eigenvalue weighted by Gasteiger charge is -2.24. The first-order valence-corrected chi connectivity index (χ1v) is 9.71. The van der Waals surface area contributed by atoms with Crippen LogP contribution >= 0.6 is 0 Å². The molecule has 0 saturated heterocycles. The number of hydrogen-bond donors (Lipinski definition) is 2. The molecule has 10 heteroatoms. The Hall–Kier alpha value is -2.33. The third kappa shape index (κ3) is 6.10. The van der Waals surface area contributed by atoms with E-state index in [2.05, 4.69) is 10.0 Å². The van der Waals surface area contributed by atoms with E-state index in [9.17, 15) is 26.4 Å². The van der Waals surface area contributed by atoms with Crippen LogP contribution in [-0.2, 0) is 16.2 Å². The molecule has 0 aliphatic heterocycles. The monoisotopic (exact) mass is 404 g/mol. The van der Waals surface area contributed by atoms with Gasteiger partial charge in [0.2, 0.25) is 10.0 Å². The van der Waals surface area contributed by atoms with E-state index in [4.69, 9.17) is 4.42 Å². The summed E-state index contributed by atoms with van der Waals surface area (Å²) in [7, 11) is -3.46. The highest BCUT2D eigenvalue weighted by atomic mass is 32.2. The second kappa shape index (κ2) is 7.35. The molecule has 1 heterocycles. The van der Waals surface area contributed by atoms with Crippen LogP contribution in [0.25, 0.3) is 11.3 Å². The van der Waals surface area contributed by atoms with Crippen LogP contribution in [0.15, 0.2) is 40.8 Å². The number of alkyl halides is 3. The molecule has 6 nitrogen and oxygen atoms in total. The van der Waals surface area contributed by atoms with Gasteiger partial charge in [-0.15, -0.1) is 0 Å². The van der Waals surface area contributed by atoms with Crippen molar-refractivity contribution in [3.8, 4) is 11.3 Å². The van der Waals surface area contributed by atoms with Crippen molar-refractivity contribution in [2.75, 3.05) is 12.8 Å². The quantitative estimate of drug-likeness (QED) is 0.775. The number of amides is 1. The summed E-state index contributed by atoms with van der Waals surface area (Å²) < 4.78 is 68.7. The summed E-state index contributed by atoms with van der Waals surface area (Å²) in [6, 6.07) is 7.29. The maximum Gasteiger partial charge on any atom is 0.416 e. The van der Waals surface area contributed by atoms with Gasteiger partial charge in [0, 0.05) is 17.6 Å². The lowest BCUT2D eigenvalue weighted by molar-refractivity contribution is -0.137. The van der Waals surface area contributed by atoms with Gasteiger partial charge in [-0.25, -0.2) is 13.1 Å². The molecule has 0 saturated carbocycles. The van der Waals surface area contributed by atoms with Crippen LogP contribution < -0.4 is 10.0 Å². The van der Waals surface area contributed by atoms with Gasteiger partial charge in [0.25, 0.3) is 5.91 Å². The molecule has 2 rings (SSSR count). The zero-order valence-corrected chi connectivity index (χ0v) is 15.7. The van der Waals surface area contributed by atoms with E-state index in [1.165, 1.54) is 24.3 Å². The summed E-state index contributed by atoms with van der Waals surface area (Å²) in [5.74, 6) is -0.603. The van der Waals surface area contributed by atoms with Gasteiger partial charge in [-0.05, 0) is 38.1 Å². The molecular weight excluding hydrogens is 385 g/mol. The molecule has 0 radical (unpaired) electrons. The number of hydrogen-bond acceptors (Lipinski definition) is 4. The Morgan fingerprint density at radius 3 is 2.41 bits per heavy atom. The number of carbonyl (C=O) groups excluding carboxylic acids is 1. The van der Waals surface area contributed by atoms with Gasteiger partial charge in [-0.2, -0.15) is 13.2 Å². The van der Waals surface area contributed by atoms with Crippen molar-refractivity contribution in [1.29, 1.82) is 0 Å². The average Bonchev–Trinajstić information content (AvgIpc) is 3.00. The number of rotatable bonds is 6. The third-order valence-electron chi connectivity index (χ3n) is 3.46. The predicted molar refractivity (Wildman–Crippen MR) is 93.5 cm³/mol. The van der Waals surface area contributed by atoms with Gasteiger partial charge in [-0.3, -0.25) is 4.79 Å². The van der Waals surface area contributed by atoms with Crippen LogP contribution in [-0.4, -0.2) is 32.7 Å². The third-order valence-corrected chi connectivity index (χ3v) is 4.38. The highest BCUT2D eigenvalue weighted by molar-refractivity contribution is 7.88. The van der Waals surface area contributed by atoms with Crippen LogP contribution in [0.3, 0.4) is 0 Å². The van der Waals surface area contributed by atoms with E-state index >= 15 is 0 Å². The van der Waals surface area contributed by atoms with Crippen LogP contribution in [0.4, 0.5) is 13.2 Å². The molecule has 27 heavy (non-hydrogen) atoms. The Bertz CT molecular complexity index is 934. The Morgan fingerprint density at radius 1 is 1.15 bits per heavy atom. The smallest absolute Gasteiger partial charge is 0.416 e. The van der Waals surface area contributed by atoms with Crippen molar-refractivity contribution in [3.05, 3.63) is 47.7 Å². The largest absolute Gasteiger partial charge is 0.451 e. The minimum atomic E-state index is -4.49. The van der Waals surface area contributed by atoms with Crippen molar-refractivity contribution in [3.63, 3.8) is 0 Å². The SMILES string of the molecule is CC(C)(CNC(=O)c1ccc(-c2cccc(C(F)(F)F)c2)o1)NS(C)(=O)=O. The maximum absolute atomic E-state index is 12.8. The highest BCUT2D eigenvalue weighted by Crippen LogP contribution is 2.32. The summed E-state index contributed by atoms with van der Waals surface area (Å²) in [6.07, 6.45) is -3.48. The normalized spacial score (nSPS) is 12.8. The Labute approximate surface area is 154 Å². The standard InChI is InChI=1S/C17H19F3N2O4S/c1-16(2,22-27(3,24)25)10-21-15(23)14-8-7-13(26-14)11-5-4-6-12(9-11)17(18,19)20/h4-9,22H,10H2,1-3H3,(H,21,23). The van der Waals surface area contributed by atoms with Crippen molar-refractivity contribution >= 4 is 15.9 Å². The first-order chi connectivity index (χ1) is 12.3. The topological polar surface area (TPSA) is 88.4 Å². The molecule has 0 atom stereocenters. The van der Waals surface area contributed by atoms with E-state index < -0.39 is 33.2 Å². The van der Waals surface area contributed by atoms with Crippen LogP contribution in [0.2, 0.25) is 0 Å². The fourth-order valence-electron chi connectivity index (χ4n) is 2.39. The van der Waals surface area contributed by atoms with E-state index in [0.29, 0.717) is 0 Å². The number of benzene rings is 1. The fourth-order valence-corrected chi connectivity index (χ4v) is 3.47. The Kier molecular flexibility index (Phi) is 5.71. The van der Waals surface area contributed by atoms with Gasteiger partial charge in [0.05, 0.1) is 11.8 Å². The summed E-state index contributed by atoms with van der Waals surface area (Å²) in [4.78, 5) is 12.2. The minimum absolute atomic E-state index is 0.0154. The van der Waals surface area contributed by atoms with Gasteiger partial charge < -0.3 is 9.73 Å². The average molecular weight is 404 g/mol. The number of furan rings is 1. The molecule has 1 aromatic carbocycles. The number of sulfonamides is 1. The second-order valence-electron chi connectivity index (χ2n) is 6.68. The van der Waals surface area contributed by atoms with Gasteiger partial charge >= 0.3 is 6.18 Å². The summed E-state index contributed by atoms with van der Waals surface area (Å²) in [5, 5.41) is 2.52. The molecule has 0 bridgehead atoms. The van der Waals surface area contributed by atoms with Crippen LogP contribution in [0.1, 0.15) is 30.0 Å². The molecule has 0 aliphatic rings. The molecule has 0 fully saturated rings. The number of halogens is 3. The highest BCUT2D eigenvalue weighted by Gasteiger charge is 2.30. The molecule has 0 unspecified atom stereocenters. The van der Waals surface area contributed by atoms with E-state index in [1.807, 2.05) is 0 Å². The van der Waals surface area contributed by atoms with Gasteiger partial charge in [0.15, 0.2) is 5.76 Å². The molecule has 148 valence electrons. The predicted octanol–water partition coefficient (Wildman–Crippen LogP) is 3.02. The summed E-state index contributed by atoms with van der Waals surface area (Å²) >= 11 is 0.